The largest absolute Gasteiger partial charge is 0.468 e. The van der Waals surface area contributed by atoms with Crippen LogP contribution in [-0.2, 0) is 14.3 Å². The number of methoxy groups -OCH3 is 1. The molecule has 0 N–H and O–H groups in total. The highest BCUT2D eigenvalue weighted by molar-refractivity contribution is 5.89. The van der Waals surface area contributed by atoms with Crippen molar-refractivity contribution >= 4 is 17.8 Å². The molecule has 0 fully saturated rings. The lowest BCUT2D eigenvalue weighted by Crippen LogP contribution is -2.31. The number of hydrogen-bond donors (Lipinski definition) is 0. The van der Waals surface area contributed by atoms with E-state index in [4.69, 9.17) is 4.74 Å². The Kier molecular flexibility index (Phi) is 5.78. The summed E-state index contributed by atoms with van der Waals surface area (Å²) in [7, 11) is 1.34. The fourth-order valence-corrected chi connectivity index (χ4v) is 1.48. The molecule has 0 unspecified atom stereocenters. The average molecular weight is 266 g/mol. The summed E-state index contributed by atoms with van der Waals surface area (Å²) < 4.78 is 9.49. The van der Waals surface area contributed by atoms with Gasteiger partial charge in [-0.2, -0.15) is 0 Å². The molecule has 0 radical (unpaired) electrons. The number of carbonyl (C=O) groups is 2. The SMILES string of the molecule is CCOC(=O)c1ccc(N(CC)CC(=O)OC)nc1. The van der Waals surface area contributed by atoms with Crippen molar-refractivity contribution in [1.29, 1.82) is 0 Å². The van der Waals surface area contributed by atoms with Gasteiger partial charge in [-0.15, -0.1) is 0 Å². The van der Waals surface area contributed by atoms with Crippen LogP contribution < -0.4 is 4.90 Å². The molecule has 1 aromatic rings. The van der Waals surface area contributed by atoms with Gasteiger partial charge >= 0.3 is 11.9 Å². The van der Waals surface area contributed by atoms with Crippen molar-refractivity contribution in [3.05, 3.63) is 23.9 Å². The van der Waals surface area contributed by atoms with Gasteiger partial charge in [0, 0.05) is 12.7 Å². The summed E-state index contributed by atoms with van der Waals surface area (Å²) in [6.45, 7) is 4.71. The van der Waals surface area contributed by atoms with Crippen LogP contribution in [0.3, 0.4) is 0 Å². The lowest BCUT2D eigenvalue weighted by molar-refractivity contribution is -0.138. The van der Waals surface area contributed by atoms with Gasteiger partial charge in [-0.3, -0.25) is 4.79 Å². The summed E-state index contributed by atoms with van der Waals surface area (Å²) in [6.07, 6.45) is 1.44. The van der Waals surface area contributed by atoms with Crippen molar-refractivity contribution in [3.63, 3.8) is 0 Å². The second kappa shape index (κ2) is 7.35. The Balaban J connectivity index is 2.78. The molecule has 0 aliphatic carbocycles. The maximum atomic E-state index is 11.5. The predicted molar refractivity (Wildman–Crippen MR) is 70.1 cm³/mol. The highest BCUT2D eigenvalue weighted by Crippen LogP contribution is 2.11. The number of esters is 2. The van der Waals surface area contributed by atoms with E-state index in [1.54, 1.807) is 24.0 Å². The molecule has 0 bridgehead atoms. The van der Waals surface area contributed by atoms with Crippen molar-refractivity contribution in [1.82, 2.24) is 4.98 Å². The molecule has 0 atom stereocenters. The monoisotopic (exact) mass is 266 g/mol. The van der Waals surface area contributed by atoms with Crippen LogP contribution in [0.25, 0.3) is 0 Å². The van der Waals surface area contributed by atoms with Gasteiger partial charge in [0.25, 0.3) is 0 Å². The summed E-state index contributed by atoms with van der Waals surface area (Å²) >= 11 is 0. The Morgan fingerprint density at radius 1 is 1.32 bits per heavy atom. The third-order valence-electron chi connectivity index (χ3n) is 2.51. The number of hydrogen-bond acceptors (Lipinski definition) is 6. The number of likely N-dealkylation sites (N-methyl/N-ethyl adjacent to an activating group) is 1. The zero-order valence-corrected chi connectivity index (χ0v) is 11.4. The van der Waals surface area contributed by atoms with Crippen molar-refractivity contribution < 1.29 is 19.1 Å². The first kappa shape index (κ1) is 14.9. The molecule has 1 heterocycles. The standard InChI is InChI=1S/C13H18N2O4/c1-4-15(9-12(16)18-3)11-7-6-10(8-14-11)13(17)19-5-2/h6-8H,4-5,9H2,1-3H3. The minimum absolute atomic E-state index is 0.124. The highest BCUT2D eigenvalue weighted by atomic mass is 16.5. The molecule has 0 saturated heterocycles. The lowest BCUT2D eigenvalue weighted by Gasteiger charge is -2.20. The molecule has 19 heavy (non-hydrogen) atoms. The molecular formula is C13H18N2O4. The maximum Gasteiger partial charge on any atom is 0.339 e. The summed E-state index contributed by atoms with van der Waals surface area (Å²) in [5, 5.41) is 0. The Hall–Kier alpha value is -2.11. The molecule has 1 rings (SSSR count). The van der Waals surface area contributed by atoms with Gasteiger partial charge in [0.05, 0.1) is 19.3 Å². The van der Waals surface area contributed by atoms with Gasteiger partial charge in [-0.05, 0) is 26.0 Å². The van der Waals surface area contributed by atoms with Gasteiger partial charge in [-0.1, -0.05) is 0 Å². The zero-order valence-electron chi connectivity index (χ0n) is 11.4. The maximum absolute atomic E-state index is 11.5. The Morgan fingerprint density at radius 2 is 2.05 bits per heavy atom. The van der Waals surface area contributed by atoms with E-state index in [1.807, 2.05) is 6.92 Å². The van der Waals surface area contributed by atoms with Crippen LogP contribution >= 0.6 is 0 Å². The molecule has 0 aliphatic rings. The van der Waals surface area contributed by atoms with Crippen molar-refractivity contribution in [3.8, 4) is 0 Å². The van der Waals surface area contributed by atoms with E-state index >= 15 is 0 Å². The normalized spacial score (nSPS) is 9.84. The van der Waals surface area contributed by atoms with Crippen molar-refractivity contribution in [2.45, 2.75) is 13.8 Å². The number of anilines is 1. The average Bonchev–Trinajstić information content (AvgIpc) is 2.45. The topological polar surface area (TPSA) is 68.7 Å². The number of carbonyl (C=O) groups excluding carboxylic acids is 2. The molecule has 6 nitrogen and oxygen atoms in total. The van der Waals surface area contributed by atoms with E-state index in [9.17, 15) is 9.59 Å². The molecular weight excluding hydrogens is 248 g/mol. The number of rotatable bonds is 6. The first-order valence-electron chi connectivity index (χ1n) is 6.07. The summed E-state index contributed by atoms with van der Waals surface area (Å²) in [6, 6.07) is 3.30. The molecule has 104 valence electrons. The molecule has 0 spiro atoms. The number of nitrogens with zero attached hydrogens (tertiary/aromatic N) is 2. The Labute approximate surface area is 112 Å². The van der Waals surface area contributed by atoms with Crippen LogP contribution in [0.4, 0.5) is 5.82 Å². The second-order valence-corrected chi connectivity index (χ2v) is 3.72. The van der Waals surface area contributed by atoms with E-state index in [1.165, 1.54) is 13.3 Å². The van der Waals surface area contributed by atoms with Gasteiger partial charge in [0.2, 0.25) is 0 Å². The lowest BCUT2D eigenvalue weighted by atomic mass is 10.3. The predicted octanol–water partition coefficient (Wildman–Crippen LogP) is 1.26. The van der Waals surface area contributed by atoms with Crippen LogP contribution in [0.15, 0.2) is 18.3 Å². The molecule has 1 aromatic heterocycles. The first-order valence-corrected chi connectivity index (χ1v) is 6.07. The first-order chi connectivity index (χ1) is 9.12. The van der Waals surface area contributed by atoms with Gasteiger partial charge < -0.3 is 14.4 Å². The summed E-state index contributed by atoms with van der Waals surface area (Å²) in [4.78, 5) is 28.6. The summed E-state index contributed by atoms with van der Waals surface area (Å²) in [5.41, 5.74) is 0.389. The quantitative estimate of drug-likeness (QED) is 0.722. The van der Waals surface area contributed by atoms with Gasteiger partial charge in [-0.25, -0.2) is 9.78 Å². The van der Waals surface area contributed by atoms with Crippen LogP contribution in [0.1, 0.15) is 24.2 Å². The van der Waals surface area contributed by atoms with Crippen LogP contribution in [0.5, 0.6) is 0 Å². The van der Waals surface area contributed by atoms with E-state index < -0.39 is 5.97 Å². The van der Waals surface area contributed by atoms with E-state index in [0.29, 0.717) is 24.5 Å². The highest BCUT2D eigenvalue weighted by Gasteiger charge is 2.12. The molecule has 0 amide bonds. The van der Waals surface area contributed by atoms with Crippen LogP contribution in [0.2, 0.25) is 0 Å². The minimum atomic E-state index is -0.405. The molecule has 0 aliphatic heterocycles. The Morgan fingerprint density at radius 3 is 2.53 bits per heavy atom. The van der Waals surface area contributed by atoms with E-state index in [2.05, 4.69) is 9.72 Å². The zero-order chi connectivity index (χ0) is 14.3. The second-order valence-electron chi connectivity index (χ2n) is 3.72. The fraction of sp³-hybridized carbons (Fsp3) is 0.462. The van der Waals surface area contributed by atoms with Gasteiger partial charge in [0.1, 0.15) is 12.4 Å². The van der Waals surface area contributed by atoms with Crippen molar-refractivity contribution in [2.75, 3.05) is 31.7 Å². The van der Waals surface area contributed by atoms with Gasteiger partial charge in [0.15, 0.2) is 0 Å². The minimum Gasteiger partial charge on any atom is -0.468 e. The summed E-state index contributed by atoms with van der Waals surface area (Å²) in [5.74, 6) is -0.128. The number of aromatic nitrogens is 1. The smallest absolute Gasteiger partial charge is 0.339 e. The Bertz CT molecular complexity index is 431. The third kappa shape index (κ3) is 4.24. The number of ether oxygens (including phenoxy) is 2. The number of pyridine rings is 1. The van der Waals surface area contributed by atoms with E-state index in [0.717, 1.165) is 0 Å². The van der Waals surface area contributed by atoms with Crippen molar-refractivity contribution in [2.24, 2.45) is 0 Å². The fourth-order valence-electron chi connectivity index (χ4n) is 1.48. The third-order valence-corrected chi connectivity index (χ3v) is 2.51. The van der Waals surface area contributed by atoms with E-state index in [-0.39, 0.29) is 12.5 Å². The molecule has 0 aromatic carbocycles. The van der Waals surface area contributed by atoms with Crippen LogP contribution in [0, 0.1) is 0 Å². The molecule has 6 heteroatoms. The van der Waals surface area contributed by atoms with Crippen LogP contribution in [-0.4, -0.2) is 43.7 Å². The molecule has 0 saturated carbocycles.